The minimum absolute atomic E-state index is 0.0445. The molecule has 2 rings (SSSR count). The molecule has 0 fully saturated rings. The summed E-state index contributed by atoms with van der Waals surface area (Å²) < 4.78 is 44.5. The number of esters is 2. The summed E-state index contributed by atoms with van der Waals surface area (Å²) >= 11 is 3.19. The quantitative estimate of drug-likeness (QED) is 0.675. The van der Waals surface area contributed by atoms with Crippen molar-refractivity contribution in [3.63, 3.8) is 0 Å². The number of alkyl halides is 2. The molecule has 1 aromatic carbocycles. The van der Waals surface area contributed by atoms with Crippen LogP contribution in [-0.4, -0.2) is 46.1 Å². The number of hydrogen-bond donors (Lipinski definition) is 0. The molecule has 0 saturated carbocycles. The fraction of sp³-hybridized carbons (Fsp3) is 0.333. The average Bonchev–Trinajstić information content (AvgIpc) is 2.58. The molecule has 10 heteroatoms. The molecule has 0 atom stereocenters. The van der Waals surface area contributed by atoms with E-state index in [-0.39, 0.29) is 36.0 Å². The van der Waals surface area contributed by atoms with Crippen LogP contribution in [0.4, 0.5) is 14.5 Å². The molecule has 0 N–H and O–H groups in total. The first-order chi connectivity index (χ1) is 11.9. The molecule has 0 saturated heterocycles. The number of rotatable bonds is 5. The number of carbonyl (C=O) groups is 2. The fourth-order valence-corrected chi connectivity index (χ4v) is 2.68. The molecule has 136 valence electrons. The van der Waals surface area contributed by atoms with E-state index in [0.29, 0.717) is 4.47 Å². The van der Waals surface area contributed by atoms with Gasteiger partial charge in [0.1, 0.15) is 18.2 Å². The summed E-state index contributed by atoms with van der Waals surface area (Å²) in [5, 5.41) is 0. The Balaban J connectivity index is 2.53. The van der Waals surface area contributed by atoms with Crippen LogP contribution in [0.25, 0.3) is 0 Å². The molecule has 1 aromatic rings. The average molecular weight is 422 g/mol. The zero-order valence-electron chi connectivity index (χ0n) is 13.3. The minimum atomic E-state index is -3.01. The molecule has 25 heavy (non-hydrogen) atoms. The maximum Gasteiger partial charge on any atom is 0.387 e. The molecule has 1 aliphatic rings. The van der Waals surface area contributed by atoms with E-state index in [2.05, 4.69) is 25.4 Å². The van der Waals surface area contributed by atoms with Gasteiger partial charge in [-0.05, 0) is 12.1 Å². The molecule has 0 aromatic heterocycles. The number of nitrogens with zero attached hydrogens (tertiary/aromatic N) is 1. The number of carbonyl (C=O) groups excluding carboxylic acids is 2. The molecule has 0 amide bonds. The first-order valence-corrected chi connectivity index (χ1v) is 7.67. The molecular weight excluding hydrogens is 408 g/mol. The zero-order chi connectivity index (χ0) is 18.6. The van der Waals surface area contributed by atoms with Crippen LogP contribution in [-0.2, 0) is 23.8 Å². The van der Waals surface area contributed by atoms with Crippen molar-refractivity contribution >= 4 is 33.6 Å². The number of hydrogen-bond acceptors (Lipinski definition) is 7. The second-order valence-corrected chi connectivity index (χ2v) is 5.66. The van der Waals surface area contributed by atoms with Crippen LogP contribution >= 0.6 is 15.9 Å². The van der Waals surface area contributed by atoms with Crippen molar-refractivity contribution in [3.05, 3.63) is 33.9 Å². The van der Waals surface area contributed by atoms with Crippen molar-refractivity contribution in [2.24, 2.45) is 0 Å². The van der Waals surface area contributed by atoms with Crippen molar-refractivity contribution in [3.8, 4) is 5.75 Å². The van der Waals surface area contributed by atoms with Gasteiger partial charge in [0, 0.05) is 16.2 Å². The Morgan fingerprint density at radius 2 is 1.88 bits per heavy atom. The van der Waals surface area contributed by atoms with Gasteiger partial charge in [-0.15, -0.1) is 0 Å². The van der Waals surface area contributed by atoms with E-state index in [1.165, 1.54) is 17.0 Å². The fourth-order valence-electron chi connectivity index (χ4n) is 2.22. The highest BCUT2D eigenvalue weighted by Crippen LogP contribution is 2.33. The van der Waals surface area contributed by atoms with E-state index in [4.69, 9.17) is 9.47 Å². The minimum Gasteiger partial charge on any atom is -0.466 e. The third-order valence-corrected chi connectivity index (χ3v) is 3.68. The van der Waals surface area contributed by atoms with Crippen LogP contribution in [0.2, 0.25) is 0 Å². The van der Waals surface area contributed by atoms with E-state index < -0.39 is 18.6 Å². The van der Waals surface area contributed by atoms with Gasteiger partial charge in [-0.3, -0.25) is 0 Å². The maximum atomic E-state index is 12.5. The van der Waals surface area contributed by atoms with Gasteiger partial charge in [0.2, 0.25) is 0 Å². The lowest BCUT2D eigenvalue weighted by Gasteiger charge is -2.31. The lowest BCUT2D eigenvalue weighted by atomic mass is 10.1. The summed E-state index contributed by atoms with van der Waals surface area (Å²) in [7, 11) is 2.32. The second-order valence-electron chi connectivity index (χ2n) is 4.74. The normalized spacial score (nSPS) is 14.6. The molecule has 0 unspecified atom stereocenters. The summed E-state index contributed by atoms with van der Waals surface area (Å²) in [6, 6.07) is 4.16. The molecule has 7 nitrogen and oxygen atoms in total. The van der Waals surface area contributed by atoms with Gasteiger partial charge in [0.25, 0.3) is 0 Å². The predicted octanol–water partition coefficient (Wildman–Crippen LogP) is 2.44. The smallest absolute Gasteiger partial charge is 0.387 e. The number of methoxy groups -OCH3 is 2. The van der Waals surface area contributed by atoms with Crippen molar-refractivity contribution in [2.75, 3.05) is 32.5 Å². The Morgan fingerprint density at radius 3 is 2.48 bits per heavy atom. The Hall–Kier alpha value is -2.20. The Labute approximate surface area is 150 Å². The molecule has 1 aliphatic heterocycles. The van der Waals surface area contributed by atoms with E-state index >= 15 is 0 Å². The summed E-state index contributed by atoms with van der Waals surface area (Å²) in [5.74, 6) is -1.68. The molecule has 0 spiro atoms. The largest absolute Gasteiger partial charge is 0.466 e. The molecule has 0 aliphatic carbocycles. The number of ether oxygens (including phenoxy) is 4. The van der Waals surface area contributed by atoms with Gasteiger partial charge in [-0.1, -0.05) is 15.9 Å². The first kappa shape index (κ1) is 19.1. The van der Waals surface area contributed by atoms with Crippen molar-refractivity contribution < 1.29 is 37.3 Å². The van der Waals surface area contributed by atoms with Crippen LogP contribution in [0.1, 0.15) is 0 Å². The van der Waals surface area contributed by atoms with E-state index in [0.717, 1.165) is 14.2 Å². The van der Waals surface area contributed by atoms with E-state index in [1.54, 1.807) is 6.07 Å². The van der Waals surface area contributed by atoms with Crippen LogP contribution in [0.5, 0.6) is 5.75 Å². The zero-order valence-corrected chi connectivity index (χ0v) is 14.8. The summed E-state index contributed by atoms with van der Waals surface area (Å²) in [6.45, 7) is -3.27. The number of anilines is 1. The summed E-state index contributed by atoms with van der Waals surface area (Å²) in [5.41, 5.74) is 0.144. The van der Waals surface area contributed by atoms with Crippen LogP contribution < -0.4 is 9.64 Å². The number of benzene rings is 1. The Bertz CT molecular complexity index is 709. The highest BCUT2D eigenvalue weighted by atomic mass is 79.9. The third-order valence-electron chi connectivity index (χ3n) is 3.23. The molecule has 0 bridgehead atoms. The lowest BCUT2D eigenvalue weighted by molar-refractivity contribution is -0.140. The molecule has 0 radical (unpaired) electrons. The van der Waals surface area contributed by atoms with Gasteiger partial charge in [-0.25, -0.2) is 9.59 Å². The number of halogens is 3. The van der Waals surface area contributed by atoms with Crippen molar-refractivity contribution in [1.82, 2.24) is 0 Å². The van der Waals surface area contributed by atoms with E-state index in [1.807, 2.05) is 0 Å². The van der Waals surface area contributed by atoms with E-state index in [9.17, 15) is 18.4 Å². The Morgan fingerprint density at radius 1 is 1.20 bits per heavy atom. The highest BCUT2D eigenvalue weighted by Gasteiger charge is 2.32. The summed E-state index contributed by atoms with van der Waals surface area (Å²) in [4.78, 5) is 25.4. The van der Waals surface area contributed by atoms with Crippen molar-refractivity contribution in [2.45, 2.75) is 6.61 Å². The monoisotopic (exact) mass is 421 g/mol. The predicted molar refractivity (Wildman–Crippen MR) is 85.1 cm³/mol. The highest BCUT2D eigenvalue weighted by molar-refractivity contribution is 9.10. The van der Waals surface area contributed by atoms with Crippen LogP contribution in [0.15, 0.2) is 33.9 Å². The molecule has 1 heterocycles. The lowest BCUT2D eigenvalue weighted by Crippen LogP contribution is -2.38. The van der Waals surface area contributed by atoms with Crippen molar-refractivity contribution in [1.29, 1.82) is 0 Å². The summed E-state index contributed by atoms with van der Waals surface area (Å²) in [6.07, 6.45) is 0. The first-order valence-electron chi connectivity index (χ1n) is 6.87. The topological polar surface area (TPSA) is 74.3 Å². The van der Waals surface area contributed by atoms with Gasteiger partial charge in [0.05, 0.1) is 26.4 Å². The second kappa shape index (κ2) is 8.26. The molecular formula is C15H14BrF2NO6. The standard InChI is InChI=1S/C15H14BrF2NO6/c1-22-13(20)11-6-24-7-19(12(11)14(21)23-2)9-3-8(16)4-10(5-9)25-15(17)18/h3-5,15H,6-7H2,1-2H3. The SMILES string of the molecule is COC(=O)C1=C(C(=O)OC)N(c2cc(Br)cc(OC(F)F)c2)COC1. The third kappa shape index (κ3) is 4.45. The van der Waals surface area contributed by atoms with Gasteiger partial charge in [0.15, 0.2) is 0 Å². The van der Waals surface area contributed by atoms with Crippen LogP contribution in [0.3, 0.4) is 0 Å². The van der Waals surface area contributed by atoms with Gasteiger partial charge < -0.3 is 23.8 Å². The van der Waals surface area contributed by atoms with Gasteiger partial charge >= 0.3 is 18.6 Å². The Kier molecular flexibility index (Phi) is 6.32. The van der Waals surface area contributed by atoms with Crippen LogP contribution in [0, 0.1) is 0 Å². The maximum absolute atomic E-state index is 12.5. The van der Waals surface area contributed by atoms with Gasteiger partial charge in [-0.2, -0.15) is 8.78 Å².